The molecule has 1 heterocycles. The van der Waals surface area contributed by atoms with Gasteiger partial charge in [-0.05, 0) is 36.8 Å². The number of anilines is 2. The van der Waals surface area contributed by atoms with Gasteiger partial charge in [-0.15, -0.1) is 0 Å². The molecule has 1 aliphatic heterocycles. The Labute approximate surface area is 126 Å². The first-order chi connectivity index (χ1) is 10.2. The van der Waals surface area contributed by atoms with Crippen LogP contribution in [0.15, 0.2) is 54.6 Å². The third kappa shape index (κ3) is 3.19. The second kappa shape index (κ2) is 6.19. The summed E-state index contributed by atoms with van der Waals surface area (Å²) in [4.78, 5) is 4.84. The molecule has 1 fully saturated rings. The molecule has 21 heavy (non-hydrogen) atoms. The minimum absolute atomic E-state index is 0.394. The Balaban J connectivity index is 1.63. The van der Waals surface area contributed by atoms with Gasteiger partial charge < -0.3 is 14.9 Å². The lowest BCUT2D eigenvalue weighted by atomic mass is 10.1. The van der Waals surface area contributed by atoms with Crippen molar-refractivity contribution in [3.05, 3.63) is 60.2 Å². The smallest absolute Gasteiger partial charge is 0.0761 e. The molecule has 2 aromatic rings. The Hall–Kier alpha value is -2.00. The van der Waals surface area contributed by atoms with E-state index in [0.29, 0.717) is 0 Å². The van der Waals surface area contributed by atoms with Gasteiger partial charge in [0.15, 0.2) is 0 Å². The molecule has 0 radical (unpaired) electrons. The Kier molecular flexibility index (Phi) is 4.11. The van der Waals surface area contributed by atoms with Crippen molar-refractivity contribution in [1.29, 1.82) is 0 Å². The van der Waals surface area contributed by atoms with Crippen molar-refractivity contribution in [2.45, 2.75) is 13.0 Å². The molecule has 0 saturated carbocycles. The van der Waals surface area contributed by atoms with Crippen LogP contribution < -0.4 is 9.80 Å². The van der Waals surface area contributed by atoms with E-state index in [1.165, 1.54) is 11.4 Å². The molecular formula is C18H22N2O. The summed E-state index contributed by atoms with van der Waals surface area (Å²) in [5, 5.41) is 9.57. The average Bonchev–Trinajstić information content (AvgIpc) is 2.56. The average molecular weight is 282 g/mol. The lowest BCUT2D eigenvalue weighted by molar-refractivity contribution is 0.199. The fraction of sp³-hybridized carbons (Fsp3) is 0.333. The fourth-order valence-electron chi connectivity index (χ4n) is 2.83. The molecular weight excluding hydrogens is 260 g/mol. The van der Waals surface area contributed by atoms with Gasteiger partial charge in [0.2, 0.25) is 0 Å². The van der Waals surface area contributed by atoms with Crippen LogP contribution in [0.2, 0.25) is 0 Å². The zero-order chi connectivity index (χ0) is 14.7. The number of hydrogen-bond donors (Lipinski definition) is 1. The van der Waals surface area contributed by atoms with E-state index in [-0.39, 0.29) is 0 Å². The SMILES string of the molecule is C[C@H](O)c1ccc(N2CCN(c3ccccc3)CC2)cc1. The lowest BCUT2D eigenvalue weighted by Gasteiger charge is -2.37. The number of piperazine rings is 1. The maximum absolute atomic E-state index is 9.57. The van der Waals surface area contributed by atoms with Gasteiger partial charge in [-0.1, -0.05) is 30.3 Å². The minimum atomic E-state index is -0.394. The van der Waals surface area contributed by atoms with E-state index in [1.54, 1.807) is 6.92 Å². The van der Waals surface area contributed by atoms with Gasteiger partial charge in [0.1, 0.15) is 0 Å². The maximum Gasteiger partial charge on any atom is 0.0761 e. The fourth-order valence-corrected chi connectivity index (χ4v) is 2.83. The highest BCUT2D eigenvalue weighted by Crippen LogP contribution is 2.22. The molecule has 3 nitrogen and oxygen atoms in total. The molecule has 3 heteroatoms. The first-order valence-corrected chi connectivity index (χ1v) is 7.57. The summed E-state index contributed by atoms with van der Waals surface area (Å²) in [7, 11) is 0. The summed E-state index contributed by atoms with van der Waals surface area (Å²) >= 11 is 0. The molecule has 110 valence electrons. The number of rotatable bonds is 3. The quantitative estimate of drug-likeness (QED) is 0.937. The first-order valence-electron chi connectivity index (χ1n) is 7.57. The van der Waals surface area contributed by atoms with Gasteiger partial charge in [0, 0.05) is 37.6 Å². The van der Waals surface area contributed by atoms with Crippen LogP contribution in [-0.2, 0) is 0 Å². The number of hydrogen-bond acceptors (Lipinski definition) is 3. The van der Waals surface area contributed by atoms with E-state index in [2.05, 4.69) is 52.3 Å². The molecule has 0 unspecified atom stereocenters. The van der Waals surface area contributed by atoms with Crippen molar-refractivity contribution in [3.63, 3.8) is 0 Å². The van der Waals surface area contributed by atoms with Crippen LogP contribution in [0.1, 0.15) is 18.6 Å². The molecule has 0 bridgehead atoms. The van der Waals surface area contributed by atoms with Crippen molar-refractivity contribution < 1.29 is 5.11 Å². The van der Waals surface area contributed by atoms with Crippen LogP contribution in [0.4, 0.5) is 11.4 Å². The minimum Gasteiger partial charge on any atom is -0.389 e. The highest BCUT2D eigenvalue weighted by Gasteiger charge is 2.17. The third-order valence-electron chi connectivity index (χ3n) is 4.14. The van der Waals surface area contributed by atoms with Gasteiger partial charge in [0.25, 0.3) is 0 Å². The first kappa shape index (κ1) is 14.0. The molecule has 1 N–H and O–H groups in total. The van der Waals surface area contributed by atoms with Crippen LogP contribution in [0.5, 0.6) is 0 Å². The second-order valence-electron chi connectivity index (χ2n) is 5.58. The predicted octanol–water partition coefficient (Wildman–Crippen LogP) is 3.07. The maximum atomic E-state index is 9.57. The third-order valence-corrected chi connectivity index (χ3v) is 4.14. The zero-order valence-corrected chi connectivity index (χ0v) is 12.4. The van der Waals surface area contributed by atoms with Crippen LogP contribution in [0.25, 0.3) is 0 Å². The van der Waals surface area contributed by atoms with Crippen LogP contribution in [-0.4, -0.2) is 31.3 Å². The highest BCUT2D eigenvalue weighted by molar-refractivity contribution is 5.52. The van der Waals surface area contributed by atoms with E-state index in [1.807, 2.05) is 12.1 Å². The number of aliphatic hydroxyl groups excluding tert-OH is 1. The van der Waals surface area contributed by atoms with E-state index in [0.717, 1.165) is 31.7 Å². The van der Waals surface area contributed by atoms with Gasteiger partial charge in [0.05, 0.1) is 6.10 Å². The van der Waals surface area contributed by atoms with Crippen LogP contribution in [0, 0.1) is 0 Å². The monoisotopic (exact) mass is 282 g/mol. The van der Waals surface area contributed by atoms with Gasteiger partial charge >= 0.3 is 0 Å². The number of aliphatic hydroxyl groups is 1. The number of nitrogens with zero attached hydrogens (tertiary/aromatic N) is 2. The molecule has 0 amide bonds. The van der Waals surface area contributed by atoms with Crippen molar-refractivity contribution in [1.82, 2.24) is 0 Å². The van der Waals surface area contributed by atoms with E-state index in [9.17, 15) is 5.11 Å². The molecule has 2 aromatic carbocycles. The van der Waals surface area contributed by atoms with Crippen LogP contribution in [0.3, 0.4) is 0 Å². The van der Waals surface area contributed by atoms with Crippen molar-refractivity contribution >= 4 is 11.4 Å². The summed E-state index contributed by atoms with van der Waals surface area (Å²) in [6.07, 6.45) is -0.394. The summed E-state index contributed by atoms with van der Waals surface area (Å²) in [6.45, 7) is 5.95. The van der Waals surface area contributed by atoms with Gasteiger partial charge in [-0.2, -0.15) is 0 Å². The Morgan fingerprint density at radius 2 is 1.24 bits per heavy atom. The second-order valence-corrected chi connectivity index (χ2v) is 5.58. The molecule has 1 saturated heterocycles. The lowest BCUT2D eigenvalue weighted by Crippen LogP contribution is -2.46. The topological polar surface area (TPSA) is 26.7 Å². The molecule has 0 aliphatic carbocycles. The Bertz CT molecular complexity index is 558. The van der Waals surface area contributed by atoms with Crippen molar-refractivity contribution in [2.24, 2.45) is 0 Å². The molecule has 1 atom stereocenters. The number of para-hydroxylation sites is 1. The standard InChI is InChI=1S/C18H22N2O/c1-15(21)16-7-9-18(10-8-16)20-13-11-19(12-14-20)17-5-3-2-4-6-17/h2-10,15,21H,11-14H2,1H3/t15-/m0/s1. The molecule has 1 aliphatic rings. The summed E-state index contributed by atoms with van der Waals surface area (Å²) in [6, 6.07) is 18.9. The summed E-state index contributed by atoms with van der Waals surface area (Å²) < 4.78 is 0. The Morgan fingerprint density at radius 3 is 1.71 bits per heavy atom. The zero-order valence-electron chi connectivity index (χ0n) is 12.4. The van der Waals surface area contributed by atoms with Gasteiger partial charge in [-0.3, -0.25) is 0 Å². The number of benzene rings is 2. The van der Waals surface area contributed by atoms with E-state index < -0.39 is 6.10 Å². The highest BCUT2D eigenvalue weighted by atomic mass is 16.3. The largest absolute Gasteiger partial charge is 0.389 e. The summed E-state index contributed by atoms with van der Waals surface area (Å²) in [5.74, 6) is 0. The molecule has 0 spiro atoms. The van der Waals surface area contributed by atoms with Gasteiger partial charge in [-0.25, -0.2) is 0 Å². The molecule has 0 aromatic heterocycles. The predicted molar refractivity (Wildman–Crippen MR) is 87.9 cm³/mol. The van der Waals surface area contributed by atoms with Crippen LogP contribution >= 0.6 is 0 Å². The molecule has 3 rings (SSSR count). The Morgan fingerprint density at radius 1 is 0.762 bits per heavy atom. The summed E-state index contributed by atoms with van der Waals surface area (Å²) in [5.41, 5.74) is 3.52. The van der Waals surface area contributed by atoms with E-state index >= 15 is 0 Å². The van der Waals surface area contributed by atoms with E-state index in [4.69, 9.17) is 0 Å². The normalized spacial score (nSPS) is 16.9. The van der Waals surface area contributed by atoms with Crippen molar-refractivity contribution in [2.75, 3.05) is 36.0 Å². The van der Waals surface area contributed by atoms with Crippen molar-refractivity contribution in [3.8, 4) is 0 Å².